The number of aryl methyl sites for hydroxylation is 1. The molecule has 45 heavy (non-hydrogen) atoms. The van der Waals surface area contributed by atoms with Crippen molar-refractivity contribution in [1.82, 2.24) is 5.32 Å². The lowest BCUT2D eigenvalue weighted by molar-refractivity contribution is -0.148. The van der Waals surface area contributed by atoms with Crippen LogP contribution in [-0.4, -0.2) is 24.7 Å². The molecule has 6 nitrogen and oxygen atoms in total. The summed E-state index contributed by atoms with van der Waals surface area (Å²) >= 11 is 0. The van der Waals surface area contributed by atoms with E-state index in [-0.39, 0.29) is 19.1 Å². The SMILES string of the molecule is Cc1ccc(COc2ccc(COC(=O)[C@H](CC3CCCCC3)NC(=O)OCC3c4ccccc4-c4ccccc43)cc2)cc1. The molecule has 4 aromatic carbocycles. The van der Waals surface area contributed by atoms with Crippen LogP contribution in [0.15, 0.2) is 97.1 Å². The van der Waals surface area contributed by atoms with Gasteiger partial charge in [0.2, 0.25) is 0 Å². The summed E-state index contributed by atoms with van der Waals surface area (Å²) in [6.45, 7) is 2.86. The summed E-state index contributed by atoms with van der Waals surface area (Å²) in [5, 5.41) is 2.86. The van der Waals surface area contributed by atoms with Crippen LogP contribution in [0.3, 0.4) is 0 Å². The van der Waals surface area contributed by atoms with E-state index >= 15 is 0 Å². The number of ether oxygens (including phenoxy) is 3. The van der Waals surface area contributed by atoms with Gasteiger partial charge in [0.15, 0.2) is 0 Å². The van der Waals surface area contributed by atoms with E-state index in [1.807, 2.05) is 48.5 Å². The zero-order valence-corrected chi connectivity index (χ0v) is 25.9. The van der Waals surface area contributed by atoms with E-state index in [1.54, 1.807) is 0 Å². The van der Waals surface area contributed by atoms with E-state index in [0.717, 1.165) is 53.7 Å². The van der Waals surface area contributed by atoms with Crippen molar-refractivity contribution in [2.45, 2.75) is 70.6 Å². The summed E-state index contributed by atoms with van der Waals surface area (Å²) < 4.78 is 17.4. The molecule has 1 amide bonds. The predicted molar refractivity (Wildman–Crippen MR) is 175 cm³/mol. The van der Waals surface area contributed by atoms with Crippen LogP contribution in [0.1, 0.15) is 72.3 Å². The van der Waals surface area contributed by atoms with Crippen LogP contribution >= 0.6 is 0 Å². The molecule has 232 valence electrons. The molecule has 2 aliphatic carbocycles. The van der Waals surface area contributed by atoms with Gasteiger partial charge in [-0.25, -0.2) is 9.59 Å². The molecule has 0 saturated heterocycles. The first-order chi connectivity index (χ1) is 22.0. The first-order valence-corrected chi connectivity index (χ1v) is 16.1. The highest BCUT2D eigenvalue weighted by atomic mass is 16.6. The highest BCUT2D eigenvalue weighted by molar-refractivity contribution is 5.82. The standard InChI is InChI=1S/C39H41NO5/c1-27-15-17-29(18-16-27)24-43-31-21-19-30(20-22-31)25-44-38(41)37(23-28-9-3-2-4-10-28)40-39(42)45-26-36-34-13-7-5-11-32(34)33-12-6-8-14-35(33)36/h5-8,11-22,28,36-37H,2-4,9-10,23-26H2,1H3,(H,40,42)/t37-/m0/s1. The first kappa shape index (κ1) is 30.4. The van der Waals surface area contributed by atoms with Gasteiger partial charge in [-0.2, -0.15) is 0 Å². The van der Waals surface area contributed by atoms with Crippen LogP contribution in [0.2, 0.25) is 0 Å². The topological polar surface area (TPSA) is 73.9 Å². The van der Waals surface area contributed by atoms with Crippen LogP contribution in [0.25, 0.3) is 11.1 Å². The predicted octanol–water partition coefficient (Wildman–Crippen LogP) is 8.49. The van der Waals surface area contributed by atoms with Crippen LogP contribution in [0.5, 0.6) is 5.75 Å². The van der Waals surface area contributed by atoms with Gasteiger partial charge in [0.05, 0.1) is 0 Å². The number of esters is 1. The Morgan fingerprint density at radius 2 is 1.33 bits per heavy atom. The van der Waals surface area contributed by atoms with Crippen LogP contribution in [0, 0.1) is 12.8 Å². The lowest BCUT2D eigenvalue weighted by Gasteiger charge is -2.26. The Morgan fingerprint density at radius 3 is 2.00 bits per heavy atom. The summed E-state index contributed by atoms with van der Waals surface area (Å²) in [5.41, 5.74) is 7.81. The largest absolute Gasteiger partial charge is 0.489 e. The molecule has 2 aliphatic rings. The molecule has 0 spiro atoms. The Kier molecular flexibility index (Phi) is 9.79. The van der Waals surface area contributed by atoms with Gasteiger partial charge in [0.25, 0.3) is 0 Å². The fraction of sp³-hybridized carbons (Fsp3) is 0.333. The third kappa shape index (κ3) is 7.75. The minimum atomic E-state index is -0.763. The van der Waals surface area contributed by atoms with Crippen LogP contribution in [0.4, 0.5) is 4.79 Å². The second-order valence-electron chi connectivity index (χ2n) is 12.3. The number of amides is 1. The molecule has 1 saturated carbocycles. The maximum Gasteiger partial charge on any atom is 0.407 e. The van der Waals surface area contributed by atoms with Crippen molar-refractivity contribution >= 4 is 12.1 Å². The summed E-state index contributed by atoms with van der Waals surface area (Å²) in [4.78, 5) is 26.5. The van der Waals surface area contributed by atoms with Crippen molar-refractivity contribution in [3.8, 4) is 16.9 Å². The molecule has 1 fully saturated rings. The number of fused-ring (bicyclic) bond motifs is 3. The summed E-state index contributed by atoms with van der Waals surface area (Å²) in [6.07, 6.45) is 5.58. The molecule has 0 radical (unpaired) electrons. The third-order valence-corrected chi connectivity index (χ3v) is 9.04. The van der Waals surface area contributed by atoms with E-state index in [9.17, 15) is 9.59 Å². The number of hydrogen-bond donors (Lipinski definition) is 1. The van der Waals surface area contributed by atoms with Gasteiger partial charge in [0, 0.05) is 5.92 Å². The van der Waals surface area contributed by atoms with Gasteiger partial charge >= 0.3 is 12.1 Å². The minimum Gasteiger partial charge on any atom is -0.489 e. The van der Waals surface area contributed by atoms with E-state index in [1.165, 1.54) is 23.1 Å². The average Bonchev–Trinajstić information content (AvgIpc) is 3.40. The van der Waals surface area contributed by atoms with Gasteiger partial charge in [-0.1, -0.05) is 123 Å². The highest BCUT2D eigenvalue weighted by Gasteiger charge is 2.31. The van der Waals surface area contributed by atoms with E-state index in [0.29, 0.717) is 18.9 Å². The maximum absolute atomic E-state index is 13.3. The number of carbonyl (C=O) groups excluding carboxylic acids is 2. The second kappa shape index (κ2) is 14.5. The number of rotatable bonds is 11. The normalized spacial score (nSPS) is 15.0. The highest BCUT2D eigenvalue weighted by Crippen LogP contribution is 2.44. The maximum atomic E-state index is 13.3. The Bertz CT molecular complexity index is 1550. The zero-order valence-electron chi connectivity index (χ0n) is 25.9. The number of alkyl carbamates (subject to hydrolysis) is 1. The lowest BCUT2D eigenvalue weighted by Crippen LogP contribution is -2.43. The van der Waals surface area contributed by atoms with E-state index in [4.69, 9.17) is 14.2 Å². The van der Waals surface area contributed by atoms with Gasteiger partial charge in [0.1, 0.15) is 31.6 Å². The molecule has 0 heterocycles. The molecule has 0 aromatic heterocycles. The van der Waals surface area contributed by atoms with E-state index in [2.05, 4.69) is 60.8 Å². The molecule has 6 heteroatoms. The zero-order chi connectivity index (χ0) is 31.0. The van der Waals surface area contributed by atoms with Crippen molar-refractivity contribution in [3.63, 3.8) is 0 Å². The fourth-order valence-corrected chi connectivity index (χ4v) is 6.54. The lowest BCUT2D eigenvalue weighted by atomic mass is 9.85. The van der Waals surface area contributed by atoms with Crippen molar-refractivity contribution < 1.29 is 23.8 Å². The number of nitrogens with one attached hydrogen (secondary N) is 1. The molecule has 0 bridgehead atoms. The monoisotopic (exact) mass is 603 g/mol. The quantitative estimate of drug-likeness (QED) is 0.174. The summed E-state index contributed by atoms with van der Waals surface area (Å²) in [6, 6.07) is 31.5. The number of hydrogen-bond acceptors (Lipinski definition) is 5. The Balaban J connectivity index is 1.04. The Hall–Kier alpha value is -4.58. The Morgan fingerprint density at radius 1 is 0.733 bits per heavy atom. The molecule has 0 aliphatic heterocycles. The molecule has 4 aromatic rings. The molecular formula is C39H41NO5. The van der Waals surface area contributed by atoms with Gasteiger partial charge in [-0.05, 0) is 64.8 Å². The average molecular weight is 604 g/mol. The Labute approximate surface area is 265 Å². The minimum absolute atomic E-state index is 0.0456. The van der Waals surface area contributed by atoms with Crippen molar-refractivity contribution in [1.29, 1.82) is 0 Å². The number of benzene rings is 4. The first-order valence-electron chi connectivity index (χ1n) is 16.1. The van der Waals surface area contributed by atoms with Gasteiger partial charge in [-0.3, -0.25) is 0 Å². The van der Waals surface area contributed by atoms with Gasteiger partial charge in [-0.15, -0.1) is 0 Å². The molecule has 6 rings (SSSR count). The molecule has 0 unspecified atom stereocenters. The summed E-state index contributed by atoms with van der Waals surface area (Å²) in [5.74, 6) is 0.636. The fourth-order valence-electron chi connectivity index (χ4n) is 6.54. The molecule has 1 atom stereocenters. The smallest absolute Gasteiger partial charge is 0.407 e. The van der Waals surface area contributed by atoms with Crippen LogP contribution in [-0.2, 0) is 27.5 Å². The van der Waals surface area contributed by atoms with Crippen molar-refractivity contribution in [3.05, 3.63) is 125 Å². The molecular weight excluding hydrogens is 562 g/mol. The second-order valence-corrected chi connectivity index (χ2v) is 12.3. The van der Waals surface area contributed by atoms with Crippen molar-refractivity contribution in [2.24, 2.45) is 5.92 Å². The van der Waals surface area contributed by atoms with Crippen molar-refractivity contribution in [2.75, 3.05) is 6.61 Å². The van der Waals surface area contributed by atoms with E-state index < -0.39 is 18.1 Å². The molecule has 1 N–H and O–H groups in total. The third-order valence-electron chi connectivity index (χ3n) is 9.04. The van der Waals surface area contributed by atoms with Gasteiger partial charge < -0.3 is 19.5 Å². The van der Waals surface area contributed by atoms with Crippen LogP contribution < -0.4 is 10.1 Å². The summed E-state index contributed by atoms with van der Waals surface area (Å²) in [7, 11) is 0. The number of carbonyl (C=O) groups is 2.